The van der Waals surface area contributed by atoms with Gasteiger partial charge >= 0.3 is 0 Å². The second kappa shape index (κ2) is 4.25. The van der Waals surface area contributed by atoms with Gasteiger partial charge in [-0.3, -0.25) is 0 Å². The van der Waals surface area contributed by atoms with E-state index in [1.807, 2.05) is 0 Å². The van der Waals surface area contributed by atoms with Gasteiger partial charge < -0.3 is 20.1 Å². The largest absolute Gasteiger partial charge is 0.508 e. The molecule has 0 aliphatic rings. The van der Waals surface area contributed by atoms with Gasteiger partial charge in [0.25, 0.3) is 0 Å². The summed E-state index contributed by atoms with van der Waals surface area (Å²) in [6.07, 6.45) is 0. The van der Waals surface area contributed by atoms with Crippen LogP contribution in [0.2, 0.25) is 0 Å². The molecule has 0 heterocycles. The van der Waals surface area contributed by atoms with Gasteiger partial charge in [0.2, 0.25) is 0 Å². The van der Waals surface area contributed by atoms with Gasteiger partial charge in [0, 0.05) is 6.07 Å². The first kappa shape index (κ1) is 11.1. The van der Waals surface area contributed by atoms with Crippen molar-refractivity contribution in [2.24, 2.45) is 0 Å². The SMILES string of the molecule is Cc1cc(O)c(O)cc1Oc1ccc(O)cc1. The van der Waals surface area contributed by atoms with Gasteiger partial charge in [0.15, 0.2) is 11.5 Å². The number of hydrogen-bond donors (Lipinski definition) is 3. The summed E-state index contributed by atoms with van der Waals surface area (Å²) >= 11 is 0. The second-order valence-corrected chi connectivity index (χ2v) is 3.70. The van der Waals surface area contributed by atoms with Crippen molar-refractivity contribution in [3.63, 3.8) is 0 Å². The fourth-order valence-electron chi connectivity index (χ4n) is 1.41. The van der Waals surface area contributed by atoms with Gasteiger partial charge in [-0.1, -0.05) is 0 Å². The molecule has 0 radical (unpaired) electrons. The zero-order chi connectivity index (χ0) is 12.4. The molecule has 4 heteroatoms. The van der Waals surface area contributed by atoms with E-state index >= 15 is 0 Å². The number of phenols is 3. The van der Waals surface area contributed by atoms with Crippen LogP contribution in [0.25, 0.3) is 0 Å². The summed E-state index contributed by atoms with van der Waals surface area (Å²) in [6, 6.07) is 9.00. The minimum absolute atomic E-state index is 0.155. The Kier molecular flexibility index (Phi) is 2.78. The molecule has 0 saturated heterocycles. The third-order valence-corrected chi connectivity index (χ3v) is 2.34. The first-order valence-electron chi connectivity index (χ1n) is 5.06. The van der Waals surface area contributed by atoms with Crippen molar-refractivity contribution in [3.05, 3.63) is 42.0 Å². The molecule has 0 spiro atoms. The molecule has 0 aromatic heterocycles. The number of phenolic OH excluding ortho intramolecular Hbond substituents is 3. The van der Waals surface area contributed by atoms with Crippen molar-refractivity contribution in [2.75, 3.05) is 0 Å². The molecule has 0 saturated carbocycles. The van der Waals surface area contributed by atoms with Crippen molar-refractivity contribution in [1.29, 1.82) is 0 Å². The first-order chi connectivity index (χ1) is 8.06. The molecule has 0 bridgehead atoms. The van der Waals surface area contributed by atoms with Crippen LogP contribution in [0, 0.1) is 6.92 Å². The third-order valence-electron chi connectivity index (χ3n) is 2.34. The van der Waals surface area contributed by atoms with Gasteiger partial charge in [-0.25, -0.2) is 0 Å². The van der Waals surface area contributed by atoms with E-state index in [0.717, 1.165) is 0 Å². The summed E-state index contributed by atoms with van der Waals surface area (Å²) in [4.78, 5) is 0. The van der Waals surface area contributed by atoms with Gasteiger partial charge in [-0.05, 0) is 42.8 Å². The number of aromatic hydroxyl groups is 3. The molecular formula is C13H12O4. The van der Waals surface area contributed by atoms with E-state index in [4.69, 9.17) is 9.84 Å². The average molecular weight is 232 g/mol. The number of rotatable bonds is 2. The molecule has 17 heavy (non-hydrogen) atoms. The molecule has 0 fully saturated rings. The Morgan fingerprint density at radius 1 is 0.882 bits per heavy atom. The zero-order valence-electron chi connectivity index (χ0n) is 9.21. The summed E-state index contributed by atoms with van der Waals surface area (Å²) in [7, 11) is 0. The van der Waals surface area contributed by atoms with Crippen LogP contribution in [-0.4, -0.2) is 15.3 Å². The van der Waals surface area contributed by atoms with Crippen molar-refractivity contribution in [2.45, 2.75) is 6.92 Å². The van der Waals surface area contributed by atoms with Crippen LogP contribution in [0.3, 0.4) is 0 Å². The quantitative estimate of drug-likeness (QED) is 0.696. The van der Waals surface area contributed by atoms with Crippen LogP contribution in [0.5, 0.6) is 28.7 Å². The van der Waals surface area contributed by atoms with Gasteiger partial charge in [-0.15, -0.1) is 0 Å². The van der Waals surface area contributed by atoms with Crippen molar-refractivity contribution in [1.82, 2.24) is 0 Å². The van der Waals surface area contributed by atoms with E-state index in [-0.39, 0.29) is 17.2 Å². The second-order valence-electron chi connectivity index (χ2n) is 3.70. The van der Waals surface area contributed by atoms with Crippen LogP contribution in [0.15, 0.2) is 36.4 Å². The fraction of sp³-hybridized carbons (Fsp3) is 0.0769. The molecule has 0 atom stereocenters. The maximum atomic E-state index is 9.38. The molecule has 0 aliphatic carbocycles. The fourth-order valence-corrected chi connectivity index (χ4v) is 1.41. The Morgan fingerprint density at radius 3 is 2.12 bits per heavy atom. The average Bonchev–Trinajstić information content (AvgIpc) is 2.29. The zero-order valence-corrected chi connectivity index (χ0v) is 9.21. The van der Waals surface area contributed by atoms with E-state index in [2.05, 4.69) is 0 Å². The Morgan fingerprint density at radius 2 is 1.47 bits per heavy atom. The van der Waals surface area contributed by atoms with E-state index in [1.54, 1.807) is 19.1 Å². The van der Waals surface area contributed by atoms with Crippen LogP contribution < -0.4 is 4.74 Å². The highest BCUT2D eigenvalue weighted by Gasteiger charge is 2.07. The topological polar surface area (TPSA) is 69.9 Å². The Balaban J connectivity index is 2.30. The van der Waals surface area contributed by atoms with Crippen molar-refractivity contribution >= 4 is 0 Å². The van der Waals surface area contributed by atoms with E-state index in [1.165, 1.54) is 24.3 Å². The molecule has 2 aromatic rings. The Bertz CT molecular complexity index is 532. The molecule has 0 aliphatic heterocycles. The summed E-state index contributed by atoms with van der Waals surface area (Å²) < 4.78 is 5.52. The van der Waals surface area contributed by atoms with Crippen molar-refractivity contribution < 1.29 is 20.1 Å². The van der Waals surface area contributed by atoms with E-state index in [9.17, 15) is 10.2 Å². The lowest BCUT2D eigenvalue weighted by Crippen LogP contribution is -1.87. The molecule has 88 valence electrons. The summed E-state index contributed by atoms with van der Waals surface area (Å²) in [6.45, 7) is 1.76. The number of hydrogen-bond acceptors (Lipinski definition) is 4. The summed E-state index contributed by atoms with van der Waals surface area (Å²) in [5.74, 6) is 0.731. The van der Waals surface area contributed by atoms with Crippen LogP contribution in [-0.2, 0) is 0 Å². The first-order valence-corrected chi connectivity index (χ1v) is 5.06. The molecule has 3 N–H and O–H groups in total. The predicted octanol–water partition coefficient (Wildman–Crippen LogP) is 2.90. The lowest BCUT2D eigenvalue weighted by atomic mass is 10.2. The van der Waals surface area contributed by atoms with Crippen LogP contribution >= 0.6 is 0 Å². The lowest BCUT2D eigenvalue weighted by Gasteiger charge is -2.10. The third kappa shape index (κ3) is 2.42. The number of aryl methyl sites for hydroxylation is 1. The van der Waals surface area contributed by atoms with Crippen LogP contribution in [0.1, 0.15) is 5.56 Å². The summed E-state index contributed by atoms with van der Waals surface area (Å²) in [5, 5.41) is 27.8. The smallest absolute Gasteiger partial charge is 0.161 e. The van der Waals surface area contributed by atoms with E-state index in [0.29, 0.717) is 17.1 Å². The van der Waals surface area contributed by atoms with Gasteiger partial charge in [-0.2, -0.15) is 0 Å². The minimum atomic E-state index is -0.232. The summed E-state index contributed by atoms with van der Waals surface area (Å²) in [5.41, 5.74) is 0.702. The van der Waals surface area contributed by atoms with Gasteiger partial charge in [0.05, 0.1) is 0 Å². The lowest BCUT2D eigenvalue weighted by molar-refractivity contribution is 0.396. The molecule has 4 nitrogen and oxygen atoms in total. The Labute approximate surface area is 98.3 Å². The highest BCUT2D eigenvalue weighted by Crippen LogP contribution is 2.35. The van der Waals surface area contributed by atoms with Crippen LogP contribution in [0.4, 0.5) is 0 Å². The molecule has 2 rings (SSSR count). The maximum Gasteiger partial charge on any atom is 0.161 e. The number of benzene rings is 2. The maximum absolute atomic E-state index is 9.38. The van der Waals surface area contributed by atoms with E-state index < -0.39 is 0 Å². The number of ether oxygens (including phenoxy) is 1. The van der Waals surface area contributed by atoms with Crippen molar-refractivity contribution in [3.8, 4) is 28.7 Å². The monoisotopic (exact) mass is 232 g/mol. The molecule has 0 amide bonds. The Hall–Kier alpha value is -2.36. The minimum Gasteiger partial charge on any atom is -0.508 e. The predicted molar refractivity (Wildman–Crippen MR) is 62.7 cm³/mol. The molecule has 2 aromatic carbocycles. The molecular weight excluding hydrogens is 220 g/mol. The molecule has 0 unspecified atom stereocenters. The highest BCUT2D eigenvalue weighted by molar-refractivity contribution is 5.50. The highest BCUT2D eigenvalue weighted by atomic mass is 16.5. The van der Waals surface area contributed by atoms with Gasteiger partial charge in [0.1, 0.15) is 17.2 Å². The normalized spacial score (nSPS) is 10.2. The standard InChI is InChI=1S/C13H12O4/c1-8-6-11(15)12(16)7-13(8)17-10-4-2-9(14)3-5-10/h2-7,14-16H,1H3.